The number of methoxy groups -OCH3 is 1. The molecule has 3 amide bonds. The Morgan fingerprint density at radius 3 is 2.57 bits per heavy atom. The molecule has 0 radical (unpaired) electrons. The van der Waals surface area contributed by atoms with E-state index in [1.165, 1.54) is 50.8 Å². The fraction of sp³-hybridized carbons (Fsp3) is 0.667. The molecule has 0 aromatic carbocycles. The zero-order chi connectivity index (χ0) is 32.7. The molecule has 0 saturated carbocycles. The number of esters is 1. The van der Waals surface area contributed by atoms with Crippen LogP contribution in [-0.4, -0.2) is 127 Å². The van der Waals surface area contributed by atoms with Crippen LogP contribution >= 0.6 is 18.1 Å². The smallest absolute Gasteiger partial charge is 0.327 e. The minimum Gasteiger partial charge on any atom is -0.479 e. The van der Waals surface area contributed by atoms with Crippen LogP contribution in [0.3, 0.4) is 0 Å². The van der Waals surface area contributed by atoms with Crippen molar-refractivity contribution in [3.8, 4) is 5.88 Å². The number of nitrogens with two attached hydrogens (primary N) is 1. The summed E-state index contributed by atoms with van der Waals surface area (Å²) in [4.78, 5) is 51.9. The van der Waals surface area contributed by atoms with Gasteiger partial charge in [0.2, 0.25) is 11.8 Å². The molecule has 2 aliphatic rings. The zero-order valence-electron chi connectivity index (χ0n) is 25.2. The van der Waals surface area contributed by atoms with Gasteiger partial charge in [-0.3, -0.25) is 23.6 Å². The second-order valence-corrected chi connectivity index (χ2v) is 15.2. The average molecular weight is 661 g/mol. The predicted octanol–water partition coefficient (Wildman–Crippen LogP) is 0.106. The maximum absolute atomic E-state index is 14.1. The number of aromatic nitrogens is 4. The van der Waals surface area contributed by atoms with E-state index in [0.29, 0.717) is 11.4 Å². The lowest BCUT2D eigenvalue weighted by atomic mass is 9.96. The molecule has 2 aromatic rings. The van der Waals surface area contributed by atoms with Crippen molar-refractivity contribution in [2.45, 2.75) is 69.9 Å². The van der Waals surface area contributed by atoms with E-state index in [1.54, 1.807) is 13.8 Å². The van der Waals surface area contributed by atoms with E-state index in [4.69, 9.17) is 24.5 Å². The number of hydrogen-bond donors (Lipinski definition) is 4. The summed E-state index contributed by atoms with van der Waals surface area (Å²) in [5.74, 6) is -1.36. The van der Waals surface area contributed by atoms with Gasteiger partial charge >= 0.3 is 18.7 Å². The molecule has 0 spiro atoms. The lowest BCUT2D eigenvalue weighted by molar-refractivity contribution is -0.149. The van der Waals surface area contributed by atoms with Gasteiger partial charge in [0.1, 0.15) is 29.9 Å². The summed E-state index contributed by atoms with van der Waals surface area (Å²) in [7, 11) is 4.16. The Morgan fingerprint density at radius 2 is 1.98 bits per heavy atom. The molecular weight excluding hydrogens is 623 g/mol. The van der Waals surface area contributed by atoms with Gasteiger partial charge in [-0.15, -0.1) is 0 Å². The molecule has 20 heteroatoms. The maximum atomic E-state index is 14.1. The normalized spacial score (nSPS) is 27.8. The number of ether oxygens (including phenoxy) is 3. The number of fused-ring (bicyclic) bond motifs is 1. The summed E-state index contributed by atoms with van der Waals surface area (Å²) in [6.07, 6.45) is -3.16. The number of aliphatic hydroxyl groups excluding tert-OH is 1. The number of carbonyl (C=O) groups is 3. The predicted molar refractivity (Wildman–Crippen MR) is 156 cm³/mol. The first-order valence-corrected chi connectivity index (χ1v) is 16.7. The van der Waals surface area contributed by atoms with Gasteiger partial charge in [0, 0.05) is 19.8 Å². The number of anilines is 1. The molecule has 0 bridgehead atoms. The topological polar surface area (TPSA) is 234 Å². The van der Waals surface area contributed by atoms with Crippen molar-refractivity contribution in [2.75, 3.05) is 39.3 Å². The number of imide groups is 1. The van der Waals surface area contributed by atoms with Crippen LogP contribution in [0, 0.1) is 0 Å². The van der Waals surface area contributed by atoms with E-state index in [-0.39, 0.29) is 28.7 Å². The maximum Gasteiger partial charge on any atom is 0.327 e. The van der Waals surface area contributed by atoms with Crippen LogP contribution in [0.5, 0.6) is 5.88 Å². The molecular formula is C24H37N8O10PS. The van der Waals surface area contributed by atoms with Crippen molar-refractivity contribution >= 4 is 53.1 Å². The number of amides is 3. The molecule has 7 atom stereocenters. The van der Waals surface area contributed by atoms with Gasteiger partial charge in [0.15, 0.2) is 17.4 Å². The largest absolute Gasteiger partial charge is 0.479 e. The summed E-state index contributed by atoms with van der Waals surface area (Å²) in [6, 6.07) is -2.56. The number of aliphatic hydroxyl groups is 2. The van der Waals surface area contributed by atoms with E-state index in [2.05, 4.69) is 20.0 Å². The third-order valence-electron chi connectivity index (χ3n) is 7.15. The fourth-order valence-electron chi connectivity index (χ4n) is 4.71. The quantitative estimate of drug-likeness (QED) is 0.134. The van der Waals surface area contributed by atoms with Crippen molar-refractivity contribution in [1.82, 2.24) is 34.4 Å². The summed E-state index contributed by atoms with van der Waals surface area (Å²) < 4.78 is 37.6. The minimum absolute atomic E-state index is 0.0951. The third kappa shape index (κ3) is 6.49. The number of nitrogen functional groups attached to an aromatic ring is 1. The van der Waals surface area contributed by atoms with Crippen LogP contribution < -0.4 is 15.6 Å². The molecule has 0 aliphatic carbocycles. The number of hydrogen-bond acceptors (Lipinski definition) is 15. The highest BCUT2D eigenvalue weighted by Gasteiger charge is 2.54. The number of carbonyl (C=O) groups excluding carboxylic acids is 3. The van der Waals surface area contributed by atoms with Gasteiger partial charge < -0.3 is 39.6 Å². The standard InChI is InChI=1S/C24H37N8O10PS/c1-11(2)41-20(35)12(3)29-43(38,44-9-13-19(34)31(6)23(36)30(13)5)40-8-14-16(33)24(4,37)21(42-14)32-10-26-15-17(32)27-22(25)28-18(15)39-7/h10-14,16,21,33,37H,8-9H2,1-7H3,(H,29,38)(H2,25,27,28)/t12-,13+,14-,16-,21-,24-,43+/m1/s1. The number of likely N-dealkylation sites (N-methyl/N-ethyl adjacent to an activating group) is 2. The van der Waals surface area contributed by atoms with E-state index in [9.17, 15) is 29.2 Å². The van der Waals surface area contributed by atoms with Gasteiger partial charge in [-0.05, 0) is 27.7 Å². The number of imidazole rings is 1. The molecule has 18 nitrogen and oxygen atoms in total. The highest BCUT2D eigenvalue weighted by molar-refractivity contribution is 8.56. The van der Waals surface area contributed by atoms with Crippen LogP contribution in [-0.2, 0) is 28.2 Å². The molecule has 4 heterocycles. The van der Waals surface area contributed by atoms with Gasteiger partial charge in [0.05, 0.1) is 26.1 Å². The Bertz CT molecular complexity index is 1470. The third-order valence-corrected chi connectivity index (χ3v) is 11.2. The van der Waals surface area contributed by atoms with Crippen LogP contribution in [0.1, 0.15) is 33.9 Å². The Labute approximate surface area is 256 Å². The molecule has 4 rings (SSSR count). The van der Waals surface area contributed by atoms with Crippen molar-refractivity contribution in [1.29, 1.82) is 0 Å². The SMILES string of the molecule is COc1nc(N)nc2c1ncn2[C@@H]1O[C@H](CO[P@@](=O)(N[C@H](C)C(=O)OC(C)C)SC[C@H]2C(=O)N(C)C(=O)N2C)[C@@H](O)[C@@]1(C)O. The van der Waals surface area contributed by atoms with Crippen molar-refractivity contribution < 1.29 is 47.9 Å². The Morgan fingerprint density at radius 1 is 1.30 bits per heavy atom. The van der Waals surface area contributed by atoms with Gasteiger partial charge in [-0.2, -0.15) is 9.97 Å². The van der Waals surface area contributed by atoms with Crippen LogP contribution in [0.15, 0.2) is 6.33 Å². The van der Waals surface area contributed by atoms with Crippen molar-refractivity contribution in [3.05, 3.63) is 6.33 Å². The number of rotatable bonds is 12. The highest BCUT2D eigenvalue weighted by Crippen LogP contribution is 2.57. The minimum atomic E-state index is -4.06. The monoisotopic (exact) mass is 660 g/mol. The molecule has 2 aromatic heterocycles. The lowest BCUT2D eigenvalue weighted by Crippen LogP contribution is -2.44. The first kappa shape index (κ1) is 33.8. The summed E-state index contributed by atoms with van der Waals surface area (Å²) in [6.45, 7) is 1.50. The van der Waals surface area contributed by atoms with Gasteiger partial charge in [0.25, 0.3) is 5.91 Å². The van der Waals surface area contributed by atoms with E-state index in [1.807, 2.05) is 0 Å². The Hall–Kier alpha value is -3.06. The first-order chi connectivity index (χ1) is 20.5. The molecule has 2 saturated heterocycles. The number of nitrogens with zero attached hydrogens (tertiary/aromatic N) is 6. The number of nitrogens with one attached hydrogen (secondary N) is 1. The van der Waals surface area contributed by atoms with E-state index >= 15 is 0 Å². The fourth-order valence-corrected chi connectivity index (χ4v) is 8.68. The molecule has 0 unspecified atom stereocenters. The molecule has 5 N–H and O–H groups in total. The van der Waals surface area contributed by atoms with Gasteiger partial charge in [-0.1, -0.05) is 11.4 Å². The molecule has 244 valence electrons. The average Bonchev–Trinajstić information content (AvgIpc) is 3.52. The Kier molecular flexibility index (Phi) is 9.80. The molecule has 2 aliphatic heterocycles. The van der Waals surface area contributed by atoms with Crippen LogP contribution in [0.25, 0.3) is 11.2 Å². The van der Waals surface area contributed by atoms with Crippen LogP contribution in [0.4, 0.5) is 10.7 Å². The highest BCUT2D eigenvalue weighted by atomic mass is 32.7. The summed E-state index contributed by atoms with van der Waals surface area (Å²) in [5, 5.41) is 25.0. The Balaban J connectivity index is 1.55. The van der Waals surface area contributed by atoms with Crippen molar-refractivity contribution in [2.24, 2.45) is 0 Å². The van der Waals surface area contributed by atoms with Crippen LogP contribution in [0.2, 0.25) is 0 Å². The summed E-state index contributed by atoms with van der Waals surface area (Å²) >= 11 is 0.701. The zero-order valence-corrected chi connectivity index (χ0v) is 26.9. The first-order valence-electron chi connectivity index (χ1n) is 13.5. The second-order valence-electron chi connectivity index (χ2n) is 10.8. The van der Waals surface area contributed by atoms with Crippen molar-refractivity contribution in [3.63, 3.8) is 0 Å². The lowest BCUT2D eigenvalue weighted by Gasteiger charge is -2.27. The van der Waals surface area contributed by atoms with E-state index < -0.39 is 73.5 Å². The molecule has 2 fully saturated rings. The molecule has 44 heavy (non-hydrogen) atoms. The number of urea groups is 1. The van der Waals surface area contributed by atoms with Gasteiger partial charge in [-0.25, -0.2) is 14.9 Å². The second kappa shape index (κ2) is 12.7. The summed E-state index contributed by atoms with van der Waals surface area (Å²) in [5.41, 5.74) is 4.28. The van der Waals surface area contributed by atoms with E-state index in [0.717, 1.165) is 4.90 Å².